The Morgan fingerprint density at radius 1 is 1.31 bits per heavy atom. The highest BCUT2D eigenvalue weighted by Gasteiger charge is 2.25. The molecular weight excluding hydrogens is 226 g/mol. The van der Waals surface area contributed by atoms with Crippen LogP contribution in [0.1, 0.15) is 18.9 Å². The number of sulfone groups is 1. The van der Waals surface area contributed by atoms with Crippen LogP contribution >= 0.6 is 0 Å². The normalized spacial score (nSPS) is 12.9. The molecule has 1 unspecified atom stereocenters. The molecule has 0 fully saturated rings. The minimum Gasteiger partial charge on any atom is -0.221 e. The number of nitrogens with zero attached hydrogens (tertiary/aromatic N) is 1. The van der Waals surface area contributed by atoms with Gasteiger partial charge in [-0.1, -0.05) is 24.6 Å². The van der Waals surface area contributed by atoms with Gasteiger partial charge in [0.2, 0.25) is 15.9 Å². The Morgan fingerprint density at radius 2 is 1.88 bits per heavy atom. The molecule has 1 aromatic carbocycles. The van der Waals surface area contributed by atoms with Gasteiger partial charge in [0.15, 0.2) is 5.37 Å². The van der Waals surface area contributed by atoms with E-state index in [0.29, 0.717) is 0 Å². The van der Waals surface area contributed by atoms with Gasteiger partial charge in [-0.25, -0.2) is 13.2 Å². The summed E-state index contributed by atoms with van der Waals surface area (Å²) in [6.07, 6.45) is 1.56. The largest absolute Gasteiger partial charge is 0.236 e. The predicted octanol–water partition coefficient (Wildman–Crippen LogP) is 1.84. The van der Waals surface area contributed by atoms with E-state index in [1.54, 1.807) is 19.1 Å². The van der Waals surface area contributed by atoms with Crippen molar-refractivity contribution in [2.24, 2.45) is 4.99 Å². The molecule has 86 valence electrons. The van der Waals surface area contributed by atoms with Gasteiger partial charge in [-0.3, -0.25) is 0 Å². The lowest BCUT2D eigenvalue weighted by Crippen LogP contribution is -2.18. The number of hydrogen-bond donors (Lipinski definition) is 0. The first-order valence-electron chi connectivity index (χ1n) is 4.90. The van der Waals surface area contributed by atoms with Gasteiger partial charge in [-0.2, -0.15) is 4.99 Å². The van der Waals surface area contributed by atoms with Crippen LogP contribution in [-0.4, -0.2) is 19.9 Å². The fraction of sp³-hybridized carbons (Fsp3) is 0.364. The Hall–Kier alpha value is -1.45. The van der Waals surface area contributed by atoms with Crippen LogP contribution in [0.4, 0.5) is 0 Å². The summed E-state index contributed by atoms with van der Waals surface area (Å²) >= 11 is 0. The van der Waals surface area contributed by atoms with E-state index in [9.17, 15) is 13.2 Å². The maximum Gasteiger partial charge on any atom is 0.236 e. The van der Waals surface area contributed by atoms with Crippen LogP contribution in [0.5, 0.6) is 0 Å². The van der Waals surface area contributed by atoms with Gasteiger partial charge < -0.3 is 0 Å². The van der Waals surface area contributed by atoms with E-state index in [2.05, 4.69) is 4.99 Å². The molecule has 5 heteroatoms. The molecule has 0 N–H and O–H groups in total. The van der Waals surface area contributed by atoms with E-state index in [-0.39, 0.29) is 11.3 Å². The molecule has 0 saturated heterocycles. The van der Waals surface area contributed by atoms with E-state index >= 15 is 0 Å². The predicted molar refractivity (Wildman–Crippen MR) is 60.6 cm³/mol. The lowest BCUT2D eigenvalue weighted by atomic mass is 10.2. The summed E-state index contributed by atoms with van der Waals surface area (Å²) < 4.78 is 24.0. The molecule has 0 aromatic heterocycles. The first kappa shape index (κ1) is 12.6. The van der Waals surface area contributed by atoms with Crippen molar-refractivity contribution in [3.05, 3.63) is 29.8 Å². The molecule has 0 aliphatic carbocycles. The standard InChI is InChI=1S/C11H13NO3S/c1-3-11(12-8-13)16(14,15)10-6-4-9(2)5-7-10/h4-7,11H,3H2,1-2H3. The highest BCUT2D eigenvalue weighted by molar-refractivity contribution is 7.92. The molecule has 0 aliphatic heterocycles. The highest BCUT2D eigenvalue weighted by atomic mass is 32.2. The van der Waals surface area contributed by atoms with Gasteiger partial charge in [0.1, 0.15) is 0 Å². The third kappa shape index (κ3) is 2.56. The minimum atomic E-state index is -3.56. The van der Waals surface area contributed by atoms with Crippen molar-refractivity contribution in [2.75, 3.05) is 0 Å². The average Bonchev–Trinajstić information content (AvgIpc) is 2.26. The fourth-order valence-electron chi connectivity index (χ4n) is 1.32. The lowest BCUT2D eigenvalue weighted by Gasteiger charge is -2.09. The Morgan fingerprint density at radius 3 is 2.31 bits per heavy atom. The lowest BCUT2D eigenvalue weighted by molar-refractivity contribution is 0.554. The van der Waals surface area contributed by atoms with E-state index in [1.807, 2.05) is 6.92 Å². The number of carbonyl (C=O) groups excluding carboxylic acids is 1. The van der Waals surface area contributed by atoms with Gasteiger partial charge in [-0.15, -0.1) is 0 Å². The van der Waals surface area contributed by atoms with Crippen LogP contribution in [0, 0.1) is 6.92 Å². The maximum atomic E-state index is 12.0. The van der Waals surface area contributed by atoms with Crippen molar-refractivity contribution in [3.8, 4) is 0 Å². The second-order valence-corrected chi connectivity index (χ2v) is 5.55. The quantitative estimate of drug-likeness (QED) is 0.595. The van der Waals surface area contributed by atoms with Crippen molar-refractivity contribution in [3.63, 3.8) is 0 Å². The monoisotopic (exact) mass is 239 g/mol. The molecule has 0 spiro atoms. The molecule has 0 heterocycles. The first-order valence-corrected chi connectivity index (χ1v) is 6.44. The van der Waals surface area contributed by atoms with Crippen LogP contribution in [-0.2, 0) is 14.6 Å². The van der Waals surface area contributed by atoms with Crippen molar-refractivity contribution in [1.29, 1.82) is 0 Å². The molecule has 16 heavy (non-hydrogen) atoms. The Bertz CT molecular complexity index is 499. The van der Waals surface area contributed by atoms with Gasteiger partial charge in [0.25, 0.3) is 0 Å². The van der Waals surface area contributed by atoms with Crippen molar-refractivity contribution in [1.82, 2.24) is 0 Å². The third-order valence-electron chi connectivity index (χ3n) is 2.25. The summed E-state index contributed by atoms with van der Waals surface area (Å²) in [7, 11) is -3.56. The number of aryl methyl sites for hydroxylation is 1. The van der Waals surface area contributed by atoms with E-state index in [4.69, 9.17) is 0 Å². The molecule has 0 aliphatic rings. The zero-order valence-corrected chi connectivity index (χ0v) is 9.99. The van der Waals surface area contributed by atoms with E-state index < -0.39 is 15.2 Å². The SMILES string of the molecule is CCC(N=C=O)S(=O)(=O)c1ccc(C)cc1. The van der Waals surface area contributed by atoms with Crippen molar-refractivity contribution < 1.29 is 13.2 Å². The number of aliphatic imine (C=N–C) groups is 1. The Balaban J connectivity index is 3.19. The van der Waals surface area contributed by atoms with Gasteiger partial charge in [0.05, 0.1) is 4.90 Å². The molecule has 4 nitrogen and oxygen atoms in total. The second kappa shape index (κ2) is 5.05. The molecule has 1 aromatic rings. The van der Waals surface area contributed by atoms with Crippen LogP contribution in [0.2, 0.25) is 0 Å². The molecule has 1 atom stereocenters. The molecule has 1 rings (SSSR count). The summed E-state index contributed by atoms with van der Waals surface area (Å²) in [6.45, 7) is 3.54. The third-order valence-corrected chi connectivity index (χ3v) is 4.34. The zero-order chi connectivity index (χ0) is 12.2. The Labute approximate surface area is 94.9 Å². The molecular formula is C11H13NO3S. The van der Waals surface area contributed by atoms with Gasteiger partial charge in [0, 0.05) is 0 Å². The minimum absolute atomic E-state index is 0.184. The van der Waals surface area contributed by atoms with Crippen LogP contribution in [0.3, 0.4) is 0 Å². The van der Waals surface area contributed by atoms with Crippen molar-refractivity contribution >= 4 is 15.9 Å². The summed E-state index contributed by atoms with van der Waals surface area (Å²) in [5.41, 5.74) is 0.978. The number of benzene rings is 1. The molecule has 0 amide bonds. The number of rotatable bonds is 4. The zero-order valence-electron chi connectivity index (χ0n) is 9.17. The molecule has 0 bridgehead atoms. The fourth-order valence-corrected chi connectivity index (χ4v) is 2.77. The van der Waals surface area contributed by atoms with Crippen molar-refractivity contribution in [2.45, 2.75) is 30.5 Å². The van der Waals surface area contributed by atoms with Crippen LogP contribution in [0.15, 0.2) is 34.2 Å². The van der Waals surface area contributed by atoms with Gasteiger partial charge in [-0.05, 0) is 25.5 Å². The molecule has 0 radical (unpaired) electrons. The number of isocyanates is 1. The summed E-state index contributed by atoms with van der Waals surface area (Å²) in [4.78, 5) is 13.7. The van der Waals surface area contributed by atoms with Crippen LogP contribution < -0.4 is 0 Å². The second-order valence-electron chi connectivity index (χ2n) is 3.44. The first-order chi connectivity index (χ1) is 7.52. The molecule has 0 saturated carbocycles. The smallest absolute Gasteiger partial charge is 0.221 e. The van der Waals surface area contributed by atoms with Crippen LogP contribution in [0.25, 0.3) is 0 Å². The van der Waals surface area contributed by atoms with Gasteiger partial charge >= 0.3 is 0 Å². The maximum absolute atomic E-state index is 12.0. The Kier molecular flexibility index (Phi) is 3.99. The number of hydrogen-bond acceptors (Lipinski definition) is 4. The average molecular weight is 239 g/mol. The summed E-state index contributed by atoms with van der Waals surface area (Å²) in [5.74, 6) is 0. The summed E-state index contributed by atoms with van der Waals surface area (Å²) in [5, 5.41) is -1.03. The van der Waals surface area contributed by atoms with E-state index in [0.717, 1.165) is 5.56 Å². The highest BCUT2D eigenvalue weighted by Crippen LogP contribution is 2.19. The summed E-state index contributed by atoms with van der Waals surface area (Å²) in [6, 6.07) is 6.47. The topological polar surface area (TPSA) is 63.6 Å². The van der Waals surface area contributed by atoms with E-state index in [1.165, 1.54) is 18.2 Å².